The van der Waals surface area contributed by atoms with Crippen LogP contribution in [0.15, 0.2) is 42.3 Å². The second-order valence-electron chi connectivity index (χ2n) is 10.4. The van der Waals surface area contributed by atoms with Crippen molar-refractivity contribution in [3.05, 3.63) is 47.9 Å². The van der Waals surface area contributed by atoms with Gasteiger partial charge in [0.05, 0.1) is 6.54 Å². The normalized spacial score (nSPS) is 15.5. The smallest absolute Gasteiger partial charge is 0.261 e. The molecule has 3 nitrogen and oxygen atoms in total. The van der Waals surface area contributed by atoms with Crippen LogP contribution in [0.4, 0.5) is 0 Å². The summed E-state index contributed by atoms with van der Waals surface area (Å²) >= 11 is 0. The van der Waals surface area contributed by atoms with Crippen LogP contribution in [0.3, 0.4) is 0 Å². The van der Waals surface area contributed by atoms with Gasteiger partial charge in [0.25, 0.3) is 14.2 Å². The first-order valence-electron chi connectivity index (χ1n) is 12.9. The minimum atomic E-state index is -2.24. The Bertz CT molecular complexity index is 804. The number of carbonyl (C=O) groups is 1. The van der Waals surface area contributed by atoms with Crippen molar-refractivity contribution in [2.45, 2.75) is 104 Å². The van der Waals surface area contributed by atoms with E-state index in [2.05, 4.69) is 59.5 Å². The number of amides is 1. The zero-order valence-corrected chi connectivity index (χ0v) is 23.0. The van der Waals surface area contributed by atoms with Gasteiger partial charge in [-0.25, -0.2) is 0 Å². The van der Waals surface area contributed by atoms with E-state index >= 15 is 0 Å². The molecule has 1 aromatic rings. The average Bonchev–Trinajstić information content (AvgIpc) is 2.80. The number of rotatable bonds is 10. The molecule has 0 heterocycles. The maximum atomic E-state index is 13.7. The summed E-state index contributed by atoms with van der Waals surface area (Å²) in [6.45, 7) is 15.9. The molecule has 1 aliphatic rings. The second kappa shape index (κ2) is 13.0. The molecule has 0 bridgehead atoms. The lowest BCUT2D eigenvalue weighted by atomic mass is 9.87. The van der Waals surface area contributed by atoms with Crippen LogP contribution in [0.25, 0.3) is 0 Å². The van der Waals surface area contributed by atoms with Gasteiger partial charge in [-0.1, -0.05) is 97.8 Å². The van der Waals surface area contributed by atoms with Crippen molar-refractivity contribution >= 4 is 14.2 Å². The predicted octanol–water partition coefficient (Wildman–Crippen LogP) is 8.16. The molecule has 0 spiro atoms. The Morgan fingerprint density at radius 2 is 1.61 bits per heavy atom. The first-order valence-corrected chi connectivity index (χ1v) is 15.0. The van der Waals surface area contributed by atoms with E-state index in [0.717, 1.165) is 12.3 Å². The molecule has 1 fully saturated rings. The highest BCUT2D eigenvalue weighted by atomic mass is 28.4. The maximum absolute atomic E-state index is 13.7. The lowest BCUT2D eigenvalue weighted by molar-refractivity contribution is 0.0751. The zero-order chi connectivity index (χ0) is 24.4. The molecular formula is C29H45NO2Si. The molecule has 182 valence electrons. The van der Waals surface area contributed by atoms with Gasteiger partial charge in [-0.2, -0.15) is 0 Å². The van der Waals surface area contributed by atoms with E-state index in [-0.39, 0.29) is 5.91 Å². The van der Waals surface area contributed by atoms with Crippen molar-refractivity contribution < 1.29 is 9.22 Å². The van der Waals surface area contributed by atoms with E-state index in [9.17, 15) is 4.79 Å². The second-order valence-corrected chi connectivity index (χ2v) is 15.8. The predicted molar refractivity (Wildman–Crippen MR) is 142 cm³/mol. The van der Waals surface area contributed by atoms with Gasteiger partial charge in [0, 0.05) is 5.56 Å². The molecule has 1 amide bonds. The van der Waals surface area contributed by atoms with Crippen molar-refractivity contribution in [3.63, 3.8) is 0 Å². The summed E-state index contributed by atoms with van der Waals surface area (Å²) in [6.07, 6.45) is 9.70. The van der Waals surface area contributed by atoms with Gasteiger partial charge >= 0.3 is 0 Å². The molecule has 0 saturated heterocycles. The topological polar surface area (TPSA) is 29.5 Å². The summed E-state index contributed by atoms with van der Waals surface area (Å²) in [5.41, 5.74) is 1.97. The SMILES string of the molecule is CC#CCN(C(=O)c1ccccc1)/C(=C/CC1CCCCC1)O[Si](C(C)C)(C(C)C)C(C)C. The van der Waals surface area contributed by atoms with E-state index in [1.54, 1.807) is 4.90 Å². The van der Waals surface area contributed by atoms with Crippen molar-refractivity contribution in [1.29, 1.82) is 0 Å². The van der Waals surface area contributed by atoms with Gasteiger partial charge in [-0.15, -0.1) is 5.92 Å². The quantitative estimate of drug-likeness (QED) is 0.197. The highest BCUT2D eigenvalue weighted by molar-refractivity contribution is 6.77. The molecule has 2 rings (SSSR count). The van der Waals surface area contributed by atoms with Crippen molar-refractivity contribution in [2.75, 3.05) is 6.54 Å². The van der Waals surface area contributed by atoms with Gasteiger partial charge in [0.2, 0.25) is 0 Å². The van der Waals surface area contributed by atoms with E-state index in [4.69, 9.17) is 4.43 Å². The Hall–Kier alpha value is -1.99. The first kappa shape index (κ1) is 27.3. The van der Waals surface area contributed by atoms with Crippen LogP contribution in [0.2, 0.25) is 16.6 Å². The summed E-state index contributed by atoms with van der Waals surface area (Å²) in [7, 11) is -2.24. The van der Waals surface area contributed by atoms with Crippen LogP contribution in [0, 0.1) is 17.8 Å². The highest BCUT2D eigenvalue weighted by Gasteiger charge is 2.48. The standard InChI is InChI=1S/C29H45NO2Si/c1-8-9-22-30(29(31)27-18-14-11-15-19-27)28(21-20-26-16-12-10-13-17-26)32-33(23(2)3,24(4)5)25(6)7/h11,14-15,18-19,21,23-26H,10,12-13,16-17,20,22H2,1-7H3/b28-21-. The van der Waals surface area contributed by atoms with E-state index in [0.29, 0.717) is 34.6 Å². The summed E-state index contributed by atoms with van der Waals surface area (Å²) in [5.74, 6) is 7.50. The first-order chi connectivity index (χ1) is 15.7. The number of allylic oxidation sites excluding steroid dienone is 1. The van der Waals surface area contributed by atoms with Gasteiger partial charge < -0.3 is 4.43 Å². The number of hydrogen-bond donors (Lipinski definition) is 0. The fourth-order valence-electron chi connectivity index (χ4n) is 5.58. The van der Waals surface area contributed by atoms with Crippen LogP contribution < -0.4 is 0 Å². The number of benzene rings is 1. The molecule has 1 aliphatic carbocycles. The lowest BCUT2D eigenvalue weighted by Crippen LogP contribution is -2.50. The Morgan fingerprint density at radius 1 is 1.03 bits per heavy atom. The molecule has 0 radical (unpaired) electrons. The Labute approximate surface area is 204 Å². The molecule has 1 saturated carbocycles. The minimum Gasteiger partial charge on any atom is -0.531 e. The van der Waals surface area contributed by atoms with Crippen LogP contribution in [-0.4, -0.2) is 25.7 Å². The van der Waals surface area contributed by atoms with E-state index in [1.807, 2.05) is 37.3 Å². The van der Waals surface area contributed by atoms with Crippen molar-refractivity contribution in [2.24, 2.45) is 5.92 Å². The Balaban J connectivity index is 2.52. The summed E-state index contributed by atoms with van der Waals surface area (Å²) < 4.78 is 7.15. The van der Waals surface area contributed by atoms with E-state index < -0.39 is 8.32 Å². The summed E-state index contributed by atoms with van der Waals surface area (Å²) in [6, 6.07) is 9.53. The maximum Gasteiger partial charge on any atom is 0.261 e. The van der Waals surface area contributed by atoms with Gasteiger partial charge in [-0.05, 0) is 54.1 Å². The van der Waals surface area contributed by atoms with Crippen molar-refractivity contribution in [3.8, 4) is 11.8 Å². The fraction of sp³-hybridized carbons (Fsp3) is 0.621. The molecule has 4 heteroatoms. The van der Waals surface area contributed by atoms with Crippen LogP contribution in [-0.2, 0) is 4.43 Å². The average molecular weight is 468 g/mol. The lowest BCUT2D eigenvalue weighted by Gasteiger charge is -2.44. The van der Waals surface area contributed by atoms with Gasteiger partial charge in [-0.3, -0.25) is 9.69 Å². The molecule has 33 heavy (non-hydrogen) atoms. The number of hydrogen-bond acceptors (Lipinski definition) is 2. The fourth-order valence-corrected chi connectivity index (χ4v) is 10.8. The Morgan fingerprint density at radius 3 is 2.12 bits per heavy atom. The molecule has 0 N–H and O–H groups in total. The van der Waals surface area contributed by atoms with Crippen LogP contribution in [0.5, 0.6) is 0 Å². The van der Waals surface area contributed by atoms with Crippen LogP contribution in [0.1, 0.15) is 97.3 Å². The molecule has 0 unspecified atom stereocenters. The largest absolute Gasteiger partial charge is 0.531 e. The monoisotopic (exact) mass is 467 g/mol. The third-order valence-corrected chi connectivity index (χ3v) is 13.3. The minimum absolute atomic E-state index is 0.0348. The zero-order valence-electron chi connectivity index (χ0n) is 22.0. The molecule has 1 aromatic carbocycles. The molecule has 0 atom stereocenters. The molecular weight excluding hydrogens is 422 g/mol. The molecule has 0 aliphatic heterocycles. The number of carbonyl (C=O) groups excluding carboxylic acids is 1. The third-order valence-electron chi connectivity index (χ3n) is 7.28. The van der Waals surface area contributed by atoms with Crippen LogP contribution >= 0.6 is 0 Å². The van der Waals surface area contributed by atoms with Crippen molar-refractivity contribution in [1.82, 2.24) is 4.90 Å². The Kier molecular flexibility index (Phi) is 10.8. The number of nitrogens with zero attached hydrogens (tertiary/aromatic N) is 1. The highest BCUT2D eigenvalue weighted by Crippen LogP contribution is 2.44. The summed E-state index contributed by atoms with van der Waals surface area (Å²) in [5, 5.41) is 0. The van der Waals surface area contributed by atoms with Gasteiger partial charge in [0.1, 0.15) is 0 Å². The van der Waals surface area contributed by atoms with Gasteiger partial charge in [0.15, 0.2) is 5.88 Å². The summed E-state index contributed by atoms with van der Waals surface area (Å²) in [4.78, 5) is 15.5. The third kappa shape index (κ3) is 7.00. The van der Waals surface area contributed by atoms with E-state index in [1.165, 1.54) is 32.1 Å². The molecule has 0 aromatic heterocycles.